The van der Waals surface area contributed by atoms with Crippen molar-refractivity contribution in [3.05, 3.63) is 34.9 Å². The molecule has 1 aliphatic heterocycles. The molecule has 1 saturated heterocycles. The zero-order valence-corrected chi connectivity index (χ0v) is 13.4. The molecule has 2 nitrogen and oxygen atoms in total. The molecule has 112 valence electrons. The SMILES string of the molecule is Cc1cc(C(C)(C)C)ccc1CCN1CCC(O)CC1. The summed E-state index contributed by atoms with van der Waals surface area (Å²) in [6.07, 6.45) is 2.91. The van der Waals surface area contributed by atoms with Crippen LogP contribution in [0.4, 0.5) is 0 Å². The highest BCUT2D eigenvalue weighted by atomic mass is 16.3. The van der Waals surface area contributed by atoms with E-state index in [9.17, 15) is 5.11 Å². The number of benzene rings is 1. The summed E-state index contributed by atoms with van der Waals surface area (Å²) in [7, 11) is 0. The van der Waals surface area contributed by atoms with E-state index in [1.54, 1.807) is 0 Å². The predicted octanol–water partition coefficient (Wildman–Crippen LogP) is 3.29. The van der Waals surface area contributed by atoms with Crippen molar-refractivity contribution in [2.75, 3.05) is 19.6 Å². The van der Waals surface area contributed by atoms with Gasteiger partial charge in [0.25, 0.3) is 0 Å². The first-order chi connectivity index (χ1) is 9.36. The van der Waals surface area contributed by atoms with Crippen molar-refractivity contribution < 1.29 is 5.11 Å². The number of likely N-dealkylation sites (tertiary alicyclic amines) is 1. The zero-order chi connectivity index (χ0) is 14.8. The number of hydrogen-bond donors (Lipinski definition) is 1. The number of rotatable bonds is 3. The lowest BCUT2D eigenvalue weighted by Gasteiger charge is -2.29. The van der Waals surface area contributed by atoms with E-state index in [-0.39, 0.29) is 11.5 Å². The molecule has 0 saturated carbocycles. The van der Waals surface area contributed by atoms with Gasteiger partial charge >= 0.3 is 0 Å². The molecule has 1 aromatic rings. The van der Waals surface area contributed by atoms with Gasteiger partial charge in [-0.15, -0.1) is 0 Å². The maximum atomic E-state index is 9.54. The average Bonchev–Trinajstić information content (AvgIpc) is 2.38. The largest absolute Gasteiger partial charge is 0.393 e. The second-order valence-corrected chi connectivity index (χ2v) is 7.21. The zero-order valence-electron chi connectivity index (χ0n) is 13.4. The van der Waals surface area contributed by atoms with Crippen LogP contribution < -0.4 is 0 Å². The van der Waals surface area contributed by atoms with E-state index in [1.807, 2.05) is 0 Å². The normalized spacial score (nSPS) is 18.4. The maximum Gasteiger partial charge on any atom is 0.0564 e. The van der Waals surface area contributed by atoms with Crippen molar-refractivity contribution in [3.63, 3.8) is 0 Å². The van der Waals surface area contributed by atoms with Crippen molar-refractivity contribution in [3.8, 4) is 0 Å². The van der Waals surface area contributed by atoms with Gasteiger partial charge in [0, 0.05) is 19.6 Å². The molecule has 1 fully saturated rings. The molecule has 0 atom stereocenters. The molecule has 0 unspecified atom stereocenters. The fourth-order valence-corrected chi connectivity index (χ4v) is 2.86. The second-order valence-electron chi connectivity index (χ2n) is 7.21. The summed E-state index contributed by atoms with van der Waals surface area (Å²) in [5, 5.41) is 9.54. The van der Waals surface area contributed by atoms with Gasteiger partial charge in [-0.2, -0.15) is 0 Å². The highest BCUT2D eigenvalue weighted by Crippen LogP contribution is 2.24. The second kappa shape index (κ2) is 6.28. The lowest BCUT2D eigenvalue weighted by atomic mass is 9.85. The van der Waals surface area contributed by atoms with E-state index in [0.29, 0.717) is 0 Å². The third-order valence-corrected chi connectivity index (χ3v) is 4.46. The summed E-state index contributed by atoms with van der Waals surface area (Å²) in [4.78, 5) is 2.48. The number of aliphatic hydroxyl groups is 1. The number of nitrogens with zero attached hydrogens (tertiary/aromatic N) is 1. The van der Waals surface area contributed by atoms with Crippen LogP contribution in [-0.2, 0) is 11.8 Å². The Kier molecular flexibility index (Phi) is 4.87. The van der Waals surface area contributed by atoms with Gasteiger partial charge in [-0.05, 0) is 48.3 Å². The Labute approximate surface area is 123 Å². The lowest BCUT2D eigenvalue weighted by Crippen LogP contribution is -2.37. The van der Waals surface area contributed by atoms with Gasteiger partial charge < -0.3 is 10.0 Å². The summed E-state index contributed by atoms with van der Waals surface area (Å²) in [6.45, 7) is 12.2. The molecular formula is C18H29NO. The summed E-state index contributed by atoms with van der Waals surface area (Å²) in [5.74, 6) is 0. The van der Waals surface area contributed by atoms with Crippen molar-refractivity contribution in [1.82, 2.24) is 4.90 Å². The molecule has 20 heavy (non-hydrogen) atoms. The minimum atomic E-state index is -0.0703. The van der Waals surface area contributed by atoms with E-state index < -0.39 is 0 Å². The monoisotopic (exact) mass is 275 g/mol. The molecule has 2 heteroatoms. The Bertz CT molecular complexity index is 439. The molecule has 2 rings (SSSR count). The van der Waals surface area contributed by atoms with Crippen LogP contribution in [0.1, 0.15) is 50.3 Å². The number of aliphatic hydroxyl groups excluding tert-OH is 1. The third-order valence-electron chi connectivity index (χ3n) is 4.46. The van der Waals surface area contributed by atoms with Gasteiger partial charge in [0.15, 0.2) is 0 Å². The summed E-state index contributed by atoms with van der Waals surface area (Å²) < 4.78 is 0. The van der Waals surface area contributed by atoms with E-state index >= 15 is 0 Å². The highest BCUT2D eigenvalue weighted by Gasteiger charge is 2.17. The smallest absolute Gasteiger partial charge is 0.0564 e. The molecule has 1 heterocycles. The van der Waals surface area contributed by atoms with Crippen molar-refractivity contribution >= 4 is 0 Å². The van der Waals surface area contributed by atoms with Crippen LogP contribution in [0.5, 0.6) is 0 Å². The maximum absolute atomic E-state index is 9.54. The summed E-state index contributed by atoms with van der Waals surface area (Å²) in [6, 6.07) is 6.92. The molecule has 0 spiro atoms. The fourth-order valence-electron chi connectivity index (χ4n) is 2.86. The molecule has 0 radical (unpaired) electrons. The number of aryl methyl sites for hydroxylation is 1. The van der Waals surface area contributed by atoms with Crippen molar-refractivity contribution in [2.45, 2.75) is 58.5 Å². The summed E-state index contributed by atoms with van der Waals surface area (Å²) >= 11 is 0. The van der Waals surface area contributed by atoms with E-state index in [1.165, 1.54) is 16.7 Å². The Morgan fingerprint density at radius 3 is 2.40 bits per heavy atom. The third kappa shape index (κ3) is 4.07. The van der Waals surface area contributed by atoms with Gasteiger partial charge in [0.1, 0.15) is 0 Å². The minimum absolute atomic E-state index is 0.0703. The van der Waals surface area contributed by atoms with Crippen LogP contribution in [0.3, 0.4) is 0 Å². The first-order valence-corrected chi connectivity index (χ1v) is 7.86. The van der Waals surface area contributed by atoms with Crippen molar-refractivity contribution in [2.24, 2.45) is 0 Å². The standard InChI is InChI=1S/C18H29NO/c1-14-13-16(18(2,3)4)6-5-15(14)7-10-19-11-8-17(20)9-12-19/h5-6,13,17,20H,7-12H2,1-4H3. The van der Waals surface area contributed by atoms with Gasteiger partial charge in [-0.1, -0.05) is 39.0 Å². The first kappa shape index (κ1) is 15.5. The van der Waals surface area contributed by atoms with Crippen molar-refractivity contribution in [1.29, 1.82) is 0 Å². The van der Waals surface area contributed by atoms with Gasteiger partial charge in [-0.25, -0.2) is 0 Å². The molecule has 1 aliphatic rings. The van der Waals surface area contributed by atoms with Gasteiger partial charge in [0.2, 0.25) is 0 Å². The Morgan fingerprint density at radius 2 is 1.85 bits per heavy atom. The molecule has 1 aromatic carbocycles. The Hall–Kier alpha value is -0.860. The minimum Gasteiger partial charge on any atom is -0.393 e. The predicted molar refractivity (Wildman–Crippen MR) is 85.3 cm³/mol. The molecule has 1 N–H and O–H groups in total. The Balaban J connectivity index is 1.93. The Morgan fingerprint density at radius 1 is 1.20 bits per heavy atom. The van der Waals surface area contributed by atoms with Crippen LogP contribution in [0.15, 0.2) is 18.2 Å². The molecule has 0 amide bonds. The van der Waals surface area contributed by atoms with Gasteiger partial charge in [0.05, 0.1) is 6.10 Å². The first-order valence-electron chi connectivity index (χ1n) is 7.86. The van der Waals surface area contributed by atoms with Crippen LogP contribution >= 0.6 is 0 Å². The fraction of sp³-hybridized carbons (Fsp3) is 0.667. The van der Waals surface area contributed by atoms with Crippen LogP contribution in [0.2, 0.25) is 0 Å². The molecule has 0 aromatic heterocycles. The van der Waals surface area contributed by atoms with Crippen LogP contribution in [0, 0.1) is 6.92 Å². The van der Waals surface area contributed by atoms with E-state index in [0.717, 1.165) is 38.9 Å². The molecule has 0 aliphatic carbocycles. The highest BCUT2D eigenvalue weighted by molar-refractivity contribution is 5.34. The van der Waals surface area contributed by atoms with E-state index in [4.69, 9.17) is 0 Å². The molecule has 0 bridgehead atoms. The lowest BCUT2D eigenvalue weighted by molar-refractivity contribution is 0.0832. The average molecular weight is 275 g/mol. The number of piperidine rings is 1. The topological polar surface area (TPSA) is 23.5 Å². The van der Waals surface area contributed by atoms with Crippen LogP contribution in [-0.4, -0.2) is 35.7 Å². The number of hydrogen-bond acceptors (Lipinski definition) is 2. The quantitative estimate of drug-likeness (QED) is 0.915. The summed E-state index contributed by atoms with van der Waals surface area (Å²) in [5.41, 5.74) is 4.52. The van der Waals surface area contributed by atoms with Crippen LogP contribution in [0.25, 0.3) is 0 Å². The van der Waals surface area contributed by atoms with Gasteiger partial charge in [-0.3, -0.25) is 0 Å². The van der Waals surface area contributed by atoms with E-state index in [2.05, 4.69) is 50.8 Å². The molecular weight excluding hydrogens is 246 g/mol.